The average molecular weight is 294 g/mol. The summed E-state index contributed by atoms with van der Waals surface area (Å²) in [4.78, 5) is 16.4. The standard InChI is InChI=1S/C16H20F2N2O/c1-19-7-4-16(5-8-19)6-9-20(11-16)15(21)13-3-2-12(17)10-14(13)18/h2-3,10H,4-9,11H2,1H3. The van der Waals surface area contributed by atoms with Crippen molar-refractivity contribution in [2.75, 3.05) is 33.2 Å². The second-order valence-electron chi connectivity index (χ2n) is 6.40. The molecule has 1 aromatic carbocycles. The maximum absolute atomic E-state index is 13.7. The Hall–Kier alpha value is -1.49. The van der Waals surface area contributed by atoms with Crippen LogP contribution in [0.3, 0.4) is 0 Å². The minimum atomic E-state index is -0.774. The van der Waals surface area contributed by atoms with Crippen molar-refractivity contribution in [3.8, 4) is 0 Å². The molecule has 3 nitrogen and oxygen atoms in total. The lowest BCUT2D eigenvalue weighted by Gasteiger charge is -2.37. The largest absolute Gasteiger partial charge is 0.338 e. The molecule has 1 aromatic rings. The first kappa shape index (κ1) is 14.4. The number of hydrogen-bond donors (Lipinski definition) is 0. The minimum absolute atomic E-state index is 0.0265. The molecular weight excluding hydrogens is 274 g/mol. The molecule has 5 heteroatoms. The maximum Gasteiger partial charge on any atom is 0.256 e. The Bertz CT molecular complexity index is 553. The maximum atomic E-state index is 13.7. The molecular formula is C16H20F2N2O. The highest BCUT2D eigenvalue weighted by atomic mass is 19.1. The Morgan fingerprint density at radius 3 is 2.48 bits per heavy atom. The molecule has 0 aromatic heterocycles. The van der Waals surface area contributed by atoms with Gasteiger partial charge in [-0.1, -0.05) is 0 Å². The van der Waals surface area contributed by atoms with Gasteiger partial charge in [0.25, 0.3) is 5.91 Å². The lowest BCUT2D eigenvalue weighted by Crippen LogP contribution is -2.40. The van der Waals surface area contributed by atoms with Crippen LogP contribution in [0.1, 0.15) is 29.6 Å². The van der Waals surface area contributed by atoms with Gasteiger partial charge in [0.2, 0.25) is 0 Å². The van der Waals surface area contributed by atoms with Crippen molar-refractivity contribution in [1.82, 2.24) is 9.80 Å². The van der Waals surface area contributed by atoms with Gasteiger partial charge >= 0.3 is 0 Å². The number of benzene rings is 1. The zero-order chi connectivity index (χ0) is 15.0. The molecule has 21 heavy (non-hydrogen) atoms. The van der Waals surface area contributed by atoms with Crippen LogP contribution in [0.2, 0.25) is 0 Å². The molecule has 2 fully saturated rings. The summed E-state index contributed by atoms with van der Waals surface area (Å²) in [6.07, 6.45) is 3.15. The second-order valence-corrected chi connectivity index (χ2v) is 6.40. The van der Waals surface area contributed by atoms with Crippen LogP contribution in [0.15, 0.2) is 18.2 Å². The van der Waals surface area contributed by atoms with E-state index in [1.807, 2.05) is 0 Å². The van der Waals surface area contributed by atoms with Crippen molar-refractivity contribution in [2.24, 2.45) is 5.41 Å². The van der Waals surface area contributed by atoms with Crippen molar-refractivity contribution in [3.63, 3.8) is 0 Å². The number of likely N-dealkylation sites (tertiary alicyclic amines) is 2. The molecule has 0 unspecified atom stereocenters. The molecule has 0 aliphatic carbocycles. The number of carbonyl (C=O) groups excluding carboxylic acids is 1. The Morgan fingerprint density at radius 2 is 1.81 bits per heavy atom. The lowest BCUT2D eigenvalue weighted by molar-refractivity contribution is 0.0732. The molecule has 1 amide bonds. The minimum Gasteiger partial charge on any atom is -0.338 e. The SMILES string of the molecule is CN1CCC2(CC1)CCN(C(=O)c1ccc(F)cc1F)C2. The quantitative estimate of drug-likeness (QED) is 0.794. The molecule has 2 saturated heterocycles. The van der Waals surface area contributed by atoms with Crippen LogP contribution >= 0.6 is 0 Å². The molecule has 2 aliphatic rings. The molecule has 114 valence electrons. The number of hydrogen-bond acceptors (Lipinski definition) is 2. The van der Waals surface area contributed by atoms with Crippen LogP contribution in [0, 0.1) is 17.0 Å². The number of amides is 1. The van der Waals surface area contributed by atoms with E-state index in [-0.39, 0.29) is 16.9 Å². The average Bonchev–Trinajstić information content (AvgIpc) is 2.86. The van der Waals surface area contributed by atoms with Crippen molar-refractivity contribution in [1.29, 1.82) is 0 Å². The molecule has 0 bridgehead atoms. The highest BCUT2D eigenvalue weighted by molar-refractivity contribution is 5.94. The van der Waals surface area contributed by atoms with E-state index in [9.17, 15) is 13.6 Å². The first-order chi connectivity index (χ1) is 9.99. The van der Waals surface area contributed by atoms with E-state index >= 15 is 0 Å². The smallest absolute Gasteiger partial charge is 0.256 e. The van der Waals surface area contributed by atoms with Crippen molar-refractivity contribution < 1.29 is 13.6 Å². The van der Waals surface area contributed by atoms with Crippen molar-refractivity contribution >= 4 is 5.91 Å². The molecule has 1 spiro atoms. The summed E-state index contributed by atoms with van der Waals surface area (Å²) in [5, 5.41) is 0. The summed E-state index contributed by atoms with van der Waals surface area (Å²) in [6.45, 7) is 3.45. The summed E-state index contributed by atoms with van der Waals surface area (Å²) in [5.74, 6) is -1.75. The van der Waals surface area contributed by atoms with Crippen molar-refractivity contribution in [3.05, 3.63) is 35.4 Å². The van der Waals surface area contributed by atoms with E-state index in [1.165, 1.54) is 6.07 Å². The first-order valence-corrected chi connectivity index (χ1v) is 7.42. The Labute approximate surface area is 123 Å². The number of nitrogens with zero attached hydrogens (tertiary/aromatic N) is 2. The Balaban J connectivity index is 1.72. The summed E-state index contributed by atoms with van der Waals surface area (Å²) in [5.41, 5.74) is 0.167. The molecule has 3 rings (SSSR count). The topological polar surface area (TPSA) is 23.6 Å². The zero-order valence-electron chi connectivity index (χ0n) is 12.2. The molecule has 0 radical (unpaired) electrons. The Kier molecular flexibility index (Phi) is 3.69. The predicted octanol–water partition coefficient (Wildman–Crippen LogP) is 2.52. The van der Waals surface area contributed by atoms with E-state index < -0.39 is 11.6 Å². The highest BCUT2D eigenvalue weighted by Crippen LogP contribution is 2.40. The van der Waals surface area contributed by atoms with E-state index in [4.69, 9.17) is 0 Å². The first-order valence-electron chi connectivity index (χ1n) is 7.42. The lowest BCUT2D eigenvalue weighted by atomic mass is 9.78. The van der Waals surface area contributed by atoms with Crippen LogP contribution in [-0.2, 0) is 0 Å². The van der Waals surface area contributed by atoms with Gasteiger partial charge in [-0.05, 0) is 56.9 Å². The fraction of sp³-hybridized carbons (Fsp3) is 0.562. The van der Waals surface area contributed by atoms with Crippen LogP contribution in [0.25, 0.3) is 0 Å². The fourth-order valence-corrected chi connectivity index (χ4v) is 3.44. The molecule has 2 heterocycles. The van der Waals surface area contributed by atoms with Gasteiger partial charge in [-0.15, -0.1) is 0 Å². The zero-order valence-corrected chi connectivity index (χ0v) is 12.2. The number of halogens is 2. The third-order valence-electron chi connectivity index (χ3n) is 4.93. The number of rotatable bonds is 1. The summed E-state index contributed by atoms with van der Waals surface area (Å²) >= 11 is 0. The van der Waals surface area contributed by atoms with Gasteiger partial charge in [0.15, 0.2) is 0 Å². The summed E-state index contributed by atoms with van der Waals surface area (Å²) in [6, 6.07) is 3.15. The van der Waals surface area contributed by atoms with Gasteiger partial charge < -0.3 is 9.80 Å². The van der Waals surface area contributed by atoms with Gasteiger partial charge in [0.1, 0.15) is 11.6 Å². The van der Waals surface area contributed by atoms with Gasteiger partial charge in [-0.25, -0.2) is 8.78 Å². The van der Waals surface area contributed by atoms with Crippen LogP contribution < -0.4 is 0 Å². The molecule has 0 N–H and O–H groups in total. The van der Waals surface area contributed by atoms with Crippen molar-refractivity contribution in [2.45, 2.75) is 19.3 Å². The van der Waals surface area contributed by atoms with E-state index in [2.05, 4.69) is 11.9 Å². The van der Waals surface area contributed by atoms with E-state index in [0.29, 0.717) is 13.1 Å². The normalized spacial score (nSPS) is 22.0. The highest BCUT2D eigenvalue weighted by Gasteiger charge is 2.41. The van der Waals surface area contributed by atoms with E-state index in [1.54, 1.807) is 4.90 Å². The molecule has 0 saturated carbocycles. The third-order valence-corrected chi connectivity index (χ3v) is 4.93. The van der Waals surface area contributed by atoms with Crippen LogP contribution in [-0.4, -0.2) is 48.9 Å². The summed E-state index contributed by atoms with van der Waals surface area (Å²) in [7, 11) is 2.11. The molecule has 2 aliphatic heterocycles. The van der Waals surface area contributed by atoms with Gasteiger partial charge in [0, 0.05) is 19.2 Å². The van der Waals surface area contributed by atoms with Crippen LogP contribution in [0.5, 0.6) is 0 Å². The third kappa shape index (κ3) is 2.79. The number of carbonyl (C=O) groups is 1. The summed E-state index contributed by atoms with van der Waals surface area (Å²) < 4.78 is 26.7. The number of piperidine rings is 1. The van der Waals surface area contributed by atoms with Crippen LogP contribution in [0.4, 0.5) is 8.78 Å². The van der Waals surface area contributed by atoms with Gasteiger partial charge in [0.05, 0.1) is 5.56 Å². The van der Waals surface area contributed by atoms with Gasteiger partial charge in [-0.2, -0.15) is 0 Å². The second kappa shape index (κ2) is 5.37. The molecule has 0 atom stereocenters. The Morgan fingerprint density at radius 1 is 1.14 bits per heavy atom. The fourth-order valence-electron chi connectivity index (χ4n) is 3.44. The van der Waals surface area contributed by atoms with E-state index in [0.717, 1.165) is 44.5 Å². The van der Waals surface area contributed by atoms with Gasteiger partial charge in [-0.3, -0.25) is 4.79 Å². The predicted molar refractivity (Wildman–Crippen MR) is 76.0 cm³/mol. The monoisotopic (exact) mass is 294 g/mol.